The minimum absolute atomic E-state index is 0.00407. The maximum absolute atomic E-state index is 11.6. The average molecular weight is 203 g/mol. The summed E-state index contributed by atoms with van der Waals surface area (Å²) < 4.78 is 0. The van der Waals surface area contributed by atoms with Gasteiger partial charge in [-0.25, -0.2) is 0 Å². The Kier molecular flexibility index (Phi) is 6.49. The van der Waals surface area contributed by atoms with Crippen molar-refractivity contribution in [3.8, 4) is 0 Å². The summed E-state index contributed by atoms with van der Waals surface area (Å²) in [4.78, 5) is 13.2. The highest BCUT2D eigenvalue weighted by molar-refractivity contribution is 5.76. The maximum atomic E-state index is 11.6. The van der Waals surface area contributed by atoms with Crippen LogP contribution in [0.5, 0.6) is 0 Å². The summed E-state index contributed by atoms with van der Waals surface area (Å²) in [5, 5.41) is 18.0. The number of hydrogen-bond donors (Lipinski definition) is 2. The molecule has 0 rings (SSSR count). The predicted molar refractivity (Wildman–Crippen MR) is 54.8 cm³/mol. The Morgan fingerprint density at radius 3 is 1.93 bits per heavy atom. The fourth-order valence-corrected chi connectivity index (χ4v) is 1.44. The molecule has 4 heteroatoms. The van der Waals surface area contributed by atoms with Gasteiger partial charge in [-0.1, -0.05) is 6.92 Å². The Balaban J connectivity index is 4.45. The Bertz CT molecular complexity index is 163. The Labute approximate surface area is 85.5 Å². The number of carbonyl (C=O) groups excluding carboxylic acids is 1. The van der Waals surface area contributed by atoms with Crippen molar-refractivity contribution in [3.63, 3.8) is 0 Å². The topological polar surface area (TPSA) is 60.8 Å². The van der Waals surface area contributed by atoms with E-state index in [-0.39, 0.29) is 31.2 Å². The molecular formula is C10H21NO3. The molecule has 0 saturated heterocycles. The molecule has 0 aromatic carbocycles. The van der Waals surface area contributed by atoms with Crippen LogP contribution in [0.2, 0.25) is 0 Å². The first-order chi connectivity index (χ1) is 6.58. The highest BCUT2D eigenvalue weighted by atomic mass is 16.3. The molecule has 1 amide bonds. The van der Waals surface area contributed by atoms with Gasteiger partial charge in [0.25, 0.3) is 0 Å². The molecule has 0 spiro atoms. The molecule has 0 aromatic rings. The van der Waals surface area contributed by atoms with Gasteiger partial charge in [-0.2, -0.15) is 0 Å². The number of carbonyl (C=O) groups is 1. The van der Waals surface area contributed by atoms with Gasteiger partial charge in [0.1, 0.15) is 0 Å². The van der Waals surface area contributed by atoms with Crippen molar-refractivity contribution in [2.24, 2.45) is 0 Å². The molecule has 0 fully saturated rings. The zero-order valence-electron chi connectivity index (χ0n) is 9.23. The van der Waals surface area contributed by atoms with Crippen LogP contribution < -0.4 is 0 Å². The zero-order chi connectivity index (χ0) is 11.1. The Morgan fingerprint density at radius 2 is 1.64 bits per heavy atom. The lowest BCUT2D eigenvalue weighted by Gasteiger charge is -2.32. The molecule has 4 nitrogen and oxygen atoms in total. The molecule has 0 aliphatic rings. The lowest BCUT2D eigenvalue weighted by molar-refractivity contribution is -0.137. The number of hydrogen-bond acceptors (Lipinski definition) is 3. The highest BCUT2D eigenvalue weighted by Gasteiger charge is 2.23. The summed E-state index contributed by atoms with van der Waals surface area (Å²) in [5.41, 5.74) is 0. The van der Waals surface area contributed by atoms with Crippen molar-refractivity contribution < 1.29 is 15.0 Å². The van der Waals surface area contributed by atoms with Gasteiger partial charge in [0.05, 0.1) is 25.3 Å². The van der Waals surface area contributed by atoms with E-state index in [2.05, 4.69) is 0 Å². The van der Waals surface area contributed by atoms with E-state index < -0.39 is 0 Å². The highest BCUT2D eigenvalue weighted by Crippen LogP contribution is 2.08. The van der Waals surface area contributed by atoms with Crippen LogP contribution in [0.4, 0.5) is 0 Å². The van der Waals surface area contributed by atoms with Crippen molar-refractivity contribution in [1.29, 1.82) is 0 Å². The van der Waals surface area contributed by atoms with E-state index in [9.17, 15) is 4.79 Å². The van der Waals surface area contributed by atoms with E-state index in [4.69, 9.17) is 10.2 Å². The van der Waals surface area contributed by atoms with Crippen molar-refractivity contribution in [2.75, 3.05) is 13.2 Å². The van der Waals surface area contributed by atoms with Gasteiger partial charge in [0.15, 0.2) is 0 Å². The van der Waals surface area contributed by atoms with Crippen LogP contribution in [0.1, 0.15) is 33.6 Å². The van der Waals surface area contributed by atoms with Crippen LogP contribution in [0.15, 0.2) is 0 Å². The quantitative estimate of drug-likeness (QED) is 0.656. The molecule has 0 aliphatic heterocycles. The summed E-state index contributed by atoms with van der Waals surface area (Å²) >= 11 is 0. The minimum Gasteiger partial charge on any atom is -0.394 e. The monoisotopic (exact) mass is 203 g/mol. The van der Waals surface area contributed by atoms with Gasteiger partial charge in [0.2, 0.25) is 5.91 Å². The van der Waals surface area contributed by atoms with Crippen LogP contribution in [0.25, 0.3) is 0 Å². The molecule has 2 N–H and O–H groups in total. The summed E-state index contributed by atoms with van der Waals surface area (Å²) in [6.45, 7) is 5.35. The first-order valence-electron chi connectivity index (χ1n) is 5.11. The Hall–Kier alpha value is -0.610. The molecule has 0 radical (unpaired) electrons. The first kappa shape index (κ1) is 13.4. The molecule has 0 aromatic heterocycles. The molecule has 0 bridgehead atoms. The van der Waals surface area contributed by atoms with E-state index in [1.165, 1.54) is 0 Å². The Morgan fingerprint density at radius 1 is 1.21 bits per heavy atom. The fraction of sp³-hybridized carbons (Fsp3) is 0.900. The number of rotatable bonds is 6. The third kappa shape index (κ3) is 3.64. The number of aliphatic hydroxyl groups is 2. The molecule has 0 aliphatic carbocycles. The molecule has 14 heavy (non-hydrogen) atoms. The zero-order valence-corrected chi connectivity index (χ0v) is 9.23. The number of amides is 1. The van der Waals surface area contributed by atoms with Crippen LogP contribution in [-0.4, -0.2) is 46.3 Å². The van der Waals surface area contributed by atoms with E-state index in [0.29, 0.717) is 6.42 Å². The van der Waals surface area contributed by atoms with Gasteiger partial charge < -0.3 is 15.1 Å². The van der Waals surface area contributed by atoms with Crippen LogP contribution in [-0.2, 0) is 4.79 Å². The van der Waals surface area contributed by atoms with E-state index in [1.807, 2.05) is 6.92 Å². The second-order valence-corrected chi connectivity index (χ2v) is 3.61. The van der Waals surface area contributed by atoms with Gasteiger partial charge in [-0.05, 0) is 20.3 Å². The summed E-state index contributed by atoms with van der Waals surface area (Å²) in [6.07, 6.45) is 1.25. The van der Waals surface area contributed by atoms with Crippen LogP contribution >= 0.6 is 0 Å². The SMILES string of the molecule is CCCC(=O)N(C(C)CO)C(C)CO. The minimum atomic E-state index is -0.226. The number of aliphatic hydroxyl groups excluding tert-OH is 2. The number of nitrogens with zero attached hydrogens (tertiary/aromatic N) is 1. The third-order valence-corrected chi connectivity index (χ3v) is 2.23. The maximum Gasteiger partial charge on any atom is 0.223 e. The largest absolute Gasteiger partial charge is 0.394 e. The molecule has 2 unspecified atom stereocenters. The third-order valence-electron chi connectivity index (χ3n) is 2.23. The predicted octanol–water partition coefficient (Wildman–Crippen LogP) is 0.377. The van der Waals surface area contributed by atoms with Gasteiger partial charge >= 0.3 is 0 Å². The standard InChI is InChI=1S/C10H21NO3/c1-4-5-10(14)11(8(2)6-12)9(3)7-13/h8-9,12-13H,4-7H2,1-3H3. The van der Waals surface area contributed by atoms with E-state index in [1.54, 1.807) is 18.7 Å². The van der Waals surface area contributed by atoms with Gasteiger partial charge in [-0.3, -0.25) is 4.79 Å². The molecule has 0 heterocycles. The van der Waals surface area contributed by atoms with Crippen LogP contribution in [0.3, 0.4) is 0 Å². The van der Waals surface area contributed by atoms with Crippen molar-refractivity contribution in [1.82, 2.24) is 4.90 Å². The fourth-order valence-electron chi connectivity index (χ4n) is 1.44. The van der Waals surface area contributed by atoms with Gasteiger partial charge in [-0.15, -0.1) is 0 Å². The smallest absolute Gasteiger partial charge is 0.223 e. The summed E-state index contributed by atoms with van der Waals surface area (Å²) in [7, 11) is 0. The summed E-state index contributed by atoms with van der Waals surface area (Å²) in [5.74, 6) is -0.00407. The lowest BCUT2D eigenvalue weighted by Crippen LogP contribution is -2.47. The molecular weight excluding hydrogens is 182 g/mol. The average Bonchev–Trinajstić information content (AvgIpc) is 2.17. The van der Waals surface area contributed by atoms with Crippen molar-refractivity contribution in [2.45, 2.75) is 45.7 Å². The van der Waals surface area contributed by atoms with E-state index in [0.717, 1.165) is 6.42 Å². The molecule has 0 saturated carbocycles. The van der Waals surface area contributed by atoms with Gasteiger partial charge in [0, 0.05) is 6.42 Å². The molecule has 84 valence electrons. The van der Waals surface area contributed by atoms with E-state index >= 15 is 0 Å². The second-order valence-electron chi connectivity index (χ2n) is 3.61. The summed E-state index contributed by atoms with van der Waals surface area (Å²) in [6, 6.07) is -0.451. The van der Waals surface area contributed by atoms with Crippen LogP contribution in [0, 0.1) is 0 Å². The second kappa shape index (κ2) is 6.79. The van der Waals surface area contributed by atoms with Crippen molar-refractivity contribution >= 4 is 5.91 Å². The lowest BCUT2D eigenvalue weighted by atomic mass is 10.1. The normalized spacial score (nSPS) is 14.9. The van der Waals surface area contributed by atoms with Crippen molar-refractivity contribution in [3.05, 3.63) is 0 Å². The molecule has 2 atom stereocenters. The first-order valence-corrected chi connectivity index (χ1v) is 5.11.